The summed E-state index contributed by atoms with van der Waals surface area (Å²) in [5.41, 5.74) is 3.55. The SMILES string of the molecule is O=C(NCCC1=CCCCC1)c1ccc2c(c1)CCN2S(=O)(=O)c1ccc(Br)cc1. The Bertz CT molecular complexity index is 1080. The zero-order valence-corrected chi connectivity index (χ0v) is 19.1. The summed E-state index contributed by atoms with van der Waals surface area (Å²) in [6, 6.07) is 11.9. The van der Waals surface area contributed by atoms with Crippen molar-refractivity contribution in [2.24, 2.45) is 0 Å². The lowest BCUT2D eigenvalue weighted by molar-refractivity contribution is 0.0954. The summed E-state index contributed by atoms with van der Waals surface area (Å²) in [7, 11) is -3.62. The molecular formula is C23H25BrN2O3S. The first-order valence-corrected chi connectivity index (χ1v) is 12.6. The van der Waals surface area contributed by atoms with Gasteiger partial charge in [-0.3, -0.25) is 9.10 Å². The molecule has 4 rings (SSSR count). The number of amides is 1. The molecule has 0 saturated heterocycles. The van der Waals surface area contributed by atoms with E-state index in [1.807, 2.05) is 6.07 Å². The average Bonchev–Trinajstić information content (AvgIpc) is 3.19. The van der Waals surface area contributed by atoms with Crippen LogP contribution >= 0.6 is 15.9 Å². The second kappa shape index (κ2) is 8.94. The van der Waals surface area contributed by atoms with Crippen LogP contribution in [0.4, 0.5) is 5.69 Å². The van der Waals surface area contributed by atoms with Gasteiger partial charge in [0.15, 0.2) is 0 Å². The highest BCUT2D eigenvalue weighted by Gasteiger charge is 2.31. The predicted octanol–water partition coefficient (Wildman–Crippen LogP) is 4.82. The molecule has 0 atom stereocenters. The molecule has 30 heavy (non-hydrogen) atoms. The Labute approximate surface area is 186 Å². The van der Waals surface area contributed by atoms with Gasteiger partial charge < -0.3 is 5.32 Å². The van der Waals surface area contributed by atoms with Crippen LogP contribution in [0.2, 0.25) is 0 Å². The second-order valence-corrected chi connectivity index (χ2v) is 10.5. The van der Waals surface area contributed by atoms with Crippen LogP contribution in [0.1, 0.15) is 48.0 Å². The van der Waals surface area contributed by atoms with E-state index >= 15 is 0 Å². The summed E-state index contributed by atoms with van der Waals surface area (Å²) in [5, 5.41) is 2.99. The molecule has 0 radical (unpaired) electrons. The van der Waals surface area contributed by atoms with Gasteiger partial charge in [-0.05, 0) is 86.6 Å². The Balaban J connectivity index is 1.44. The molecule has 0 saturated carbocycles. The molecule has 0 spiro atoms. The Hall–Kier alpha value is -2.12. The third-order valence-corrected chi connectivity index (χ3v) is 8.07. The standard InChI is InChI=1S/C23H25BrN2O3S/c24-20-7-9-21(10-8-20)30(28,29)26-15-13-18-16-19(6-11-22(18)26)23(27)25-14-12-17-4-2-1-3-5-17/h4,6-11,16H,1-3,5,12-15H2,(H,25,27). The number of nitrogens with one attached hydrogen (secondary N) is 1. The van der Waals surface area contributed by atoms with Crippen molar-refractivity contribution in [1.82, 2.24) is 5.32 Å². The monoisotopic (exact) mass is 488 g/mol. The van der Waals surface area contributed by atoms with Crippen LogP contribution in [0.15, 0.2) is 63.5 Å². The zero-order valence-electron chi connectivity index (χ0n) is 16.7. The first kappa shape index (κ1) is 21.1. The minimum absolute atomic E-state index is 0.108. The Morgan fingerprint density at radius 2 is 1.87 bits per heavy atom. The van der Waals surface area contributed by atoms with E-state index in [1.54, 1.807) is 36.4 Å². The van der Waals surface area contributed by atoms with Gasteiger partial charge >= 0.3 is 0 Å². The molecule has 2 aromatic rings. The lowest BCUT2D eigenvalue weighted by atomic mass is 9.97. The van der Waals surface area contributed by atoms with Crippen LogP contribution < -0.4 is 9.62 Å². The molecule has 0 fully saturated rings. The van der Waals surface area contributed by atoms with E-state index in [2.05, 4.69) is 27.3 Å². The highest BCUT2D eigenvalue weighted by Crippen LogP contribution is 2.34. The molecule has 158 valence electrons. The van der Waals surface area contributed by atoms with E-state index in [4.69, 9.17) is 0 Å². The molecule has 1 aliphatic carbocycles. The second-order valence-electron chi connectivity index (χ2n) is 7.74. The molecule has 1 amide bonds. The normalized spacial score (nSPS) is 16.2. The molecule has 1 aliphatic heterocycles. The number of hydrogen-bond donors (Lipinski definition) is 1. The highest BCUT2D eigenvalue weighted by molar-refractivity contribution is 9.10. The number of sulfonamides is 1. The van der Waals surface area contributed by atoms with Gasteiger partial charge in [0.05, 0.1) is 10.6 Å². The number of allylic oxidation sites excluding steroid dienone is 1. The molecule has 2 aromatic carbocycles. The maximum atomic E-state index is 13.0. The van der Waals surface area contributed by atoms with Crippen molar-refractivity contribution in [3.8, 4) is 0 Å². The van der Waals surface area contributed by atoms with Crippen molar-refractivity contribution in [2.75, 3.05) is 17.4 Å². The fourth-order valence-electron chi connectivity index (χ4n) is 4.07. The third kappa shape index (κ3) is 4.47. The molecule has 5 nitrogen and oxygen atoms in total. The van der Waals surface area contributed by atoms with Crippen molar-refractivity contribution >= 4 is 37.5 Å². The Morgan fingerprint density at radius 3 is 2.60 bits per heavy atom. The van der Waals surface area contributed by atoms with Gasteiger partial charge in [0.25, 0.3) is 15.9 Å². The molecular weight excluding hydrogens is 464 g/mol. The fraction of sp³-hybridized carbons (Fsp3) is 0.348. The summed E-state index contributed by atoms with van der Waals surface area (Å²) in [6.45, 7) is 1.01. The summed E-state index contributed by atoms with van der Waals surface area (Å²) in [5.74, 6) is -0.108. The summed E-state index contributed by atoms with van der Waals surface area (Å²) in [6.07, 6.45) is 8.58. The molecule has 2 aliphatic rings. The van der Waals surface area contributed by atoms with Gasteiger partial charge in [0.1, 0.15) is 0 Å². The maximum Gasteiger partial charge on any atom is 0.264 e. The van der Waals surface area contributed by atoms with Gasteiger partial charge in [-0.1, -0.05) is 27.6 Å². The topological polar surface area (TPSA) is 66.5 Å². The largest absolute Gasteiger partial charge is 0.352 e. The van der Waals surface area contributed by atoms with Gasteiger partial charge in [-0.25, -0.2) is 8.42 Å². The van der Waals surface area contributed by atoms with Crippen LogP contribution in [0.5, 0.6) is 0 Å². The molecule has 1 N–H and O–H groups in total. The van der Waals surface area contributed by atoms with Crippen molar-refractivity contribution in [1.29, 1.82) is 0 Å². The average molecular weight is 489 g/mol. The number of carbonyl (C=O) groups is 1. The van der Waals surface area contributed by atoms with E-state index < -0.39 is 10.0 Å². The first-order valence-electron chi connectivity index (χ1n) is 10.3. The lowest BCUT2D eigenvalue weighted by Crippen LogP contribution is -2.29. The molecule has 0 bridgehead atoms. The van der Waals surface area contributed by atoms with Crippen LogP contribution in [0, 0.1) is 0 Å². The number of carbonyl (C=O) groups excluding carboxylic acids is 1. The van der Waals surface area contributed by atoms with Crippen molar-refractivity contribution in [2.45, 2.75) is 43.4 Å². The van der Waals surface area contributed by atoms with Gasteiger partial charge in [0.2, 0.25) is 0 Å². The van der Waals surface area contributed by atoms with Crippen molar-refractivity contribution in [3.05, 3.63) is 69.7 Å². The number of rotatable bonds is 6. The molecule has 0 aromatic heterocycles. The van der Waals surface area contributed by atoms with E-state index in [1.165, 1.54) is 22.7 Å². The summed E-state index contributed by atoms with van der Waals surface area (Å²) in [4.78, 5) is 12.8. The fourth-order valence-corrected chi connectivity index (χ4v) is 5.83. The van der Waals surface area contributed by atoms with E-state index in [0.29, 0.717) is 30.8 Å². The van der Waals surface area contributed by atoms with Crippen LogP contribution in [-0.4, -0.2) is 27.4 Å². The number of fused-ring (bicyclic) bond motifs is 1. The van der Waals surface area contributed by atoms with Crippen LogP contribution in [0.3, 0.4) is 0 Å². The number of hydrogen-bond acceptors (Lipinski definition) is 3. The smallest absolute Gasteiger partial charge is 0.264 e. The first-order chi connectivity index (χ1) is 14.4. The van der Waals surface area contributed by atoms with Crippen molar-refractivity contribution in [3.63, 3.8) is 0 Å². The highest BCUT2D eigenvalue weighted by atomic mass is 79.9. The van der Waals surface area contributed by atoms with E-state index in [9.17, 15) is 13.2 Å². The summed E-state index contributed by atoms with van der Waals surface area (Å²) < 4.78 is 28.4. The lowest BCUT2D eigenvalue weighted by Gasteiger charge is -2.20. The third-order valence-electron chi connectivity index (χ3n) is 5.71. The van der Waals surface area contributed by atoms with Gasteiger partial charge in [0, 0.05) is 23.1 Å². The Morgan fingerprint density at radius 1 is 1.07 bits per heavy atom. The zero-order chi connectivity index (χ0) is 21.1. The minimum atomic E-state index is -3.62. The Kier molecular flexibility index (Phi) is 6.29. The molecule has 0 unspecified atom stereocenters. The van der Waals surface area contributed by atoms with Crippen LogP contribution in [0.25, 0.3) is 0 Å². The number of anilines is 1. The van der Waals surface area contributed by atoms with Gasteiger partial charge in [-0.2, -0.15) is 0 Å². The minimum Gasteiger partial charge on any atom is -0.352 e. The quantitative estimate of drug-likeness (QED) is 0.592. The van der Waals surface area contributed by atoms with Crippen LogP contribution in [-0.2, 0) is 16.4 Å². The van der Waals surface area contributed by atoms with E-state index in [0.717, 1.165) is 29.3 Å². The van der Waals surface area contributed by atoms with Crippen molar-refractivity contribution < 1.29 is 13.2 Å². The number of benzene rings is 2. The number of halogens is 1. The predicted molar refractivity (Wildman–Crippen MR) is 122 cm³/mol. The van der Waals surface area contributed by atoms with Gasteiger partial charge in [-0.15, -0.1) is 0 Å². The molecule has 7 heteroatoms. The maximum absolute atomic E-state index is 13.0. The molecule has 1 heterocycles. The van der Waals surface area contributed by atoms with E-state index in [-0.39, 0.29) is 10.8 Å². The number of nitrogens with zero attached hydrogens (tertiary/aromatic N) is 1. The summed E-state index contributed by atoms with van der Waals surface area (Å²) >= 11 is 3.33.